The van der Waals surface area contributed by atoms with Crippen LogP contribution in [0.4, 0.5) is 0 Å². The summed E-state index contributed by atoms with van der Waals surface area (Å²) >= 11 is 0. The molecule has 0 spiro atoms. The fourth-order valence-electron chi connectivity index (χ4n) is 1.82. The molecule has 0 aliphatic heterocycles. The van der Waals surface area contributed by atoms with Crippen molar-refractivity contribution in [2.75, 3.05) is 0 Å². The van der Waals surface area contributed by atoms with E-state index in [0.29, 0.717) is 17.8 Å². The summed E-state index contributed by atoms with van der Waals surface area (Å²) in [6.07, 6.45) is 3.50. The number of aliphatic hydroxyl groups is 1. The molecule has 1 aliphatic carbocycles. The van der Waals surface area contributed by atoms with Gasteiger partial charge in [0.25, 0.3) is 0 Å². The minimum Gasteiger partial charge on any atom is -0.389 e. The average Bonchev–Trinajstić information content (AvgIpc) is 2.08. The van der Waals surface area contributed by atoms with Crippen LogP contribution in [0.2, 0.25) is 0 Å². The highest BCUT2D eigenvalue weighted by atomic mass is 16.3. The van der Waals surface area contributed by atoms with Crippen LogP contribution >= 0.6 is 0 Å². The van der Waals surface area contributed by atoms with Crippen LogP contribution in [0.5, 0.6) is 0 Å². The van der Waals surface area contributed by atoms with Crippen molar-refractivity contribution in [3.8, 4) is 0 Å². The lowest BCUT2D eigenvalue weighted by molar-refractivity contribution is 0.100. The Morgan fingerprint density at radius 3 is 2.42 bits per heavy atom. The third-order valence-electron chi connectivity index (χ3n) is 3.28. The van der Waals surface area contributed by atoms with E-state index in [1.54, 1.807) is 0 Å². The average molecular weight is 166 g/mol. The predicted octanol–water partition coefficient (Wildman–Crippen LogP) is 2.38. The lowest BCUT2D eigenvalue weighted by Crippen LogP contribution is -2.31. The molecule has 12 heavy (non-hydrogen) atoms. The Balaban J connectivity index is 2.91. The summed E-state index contributed by atoms with van der Waals surface area (Å²) in [6, 6.07) is 0. The summed E-state index contributed by atoms with van der Waals surface area (Å²) in [6.45, 7) is 10.2. The summed E-state index contributed by atoms with van der Waals surface area (Å²) in [5, 5.41) is 9.64. The highest BCUT2D eigenvalue weighted by Gasteiger charge is 2.29. The van der Waals surface area contributed by atoms with Gasteiger partial charge >= 0.3 is 0 Å². The molecule has 1 N–H and O–H groups in total. The van der Waals surface area contributed by atoms with Gasteiger partial charge in [-0.1, -0.05) is 39.5 Å². The van der Waals surface area contributed by atoms with Crippen LogP contribution in [0.3, 0.4) is 0 Å². The van der Waals surface area contributed by atoms with Crippen LogP contribution < -0.4 is 0 Å². The molecule has 1 heteroatoms. The maximum atomic E-state index is 9.64. The summed E-state index contributed by atoms with van der Waals surface area (Å²) in [4.78, 5) is 0. The van der Waals surface area contributed by atoms with Crippen molar-refractivity contribution in [3.63, 3.8) is 0 Å². The fraction of sp³-hybridized carbons (Fsp3) is 0.636. The van der Waals surface area contributed by atoms with Gasteiger partial charge in [0.05, 0.1) is 6.10 Å². The molecule has 0 amide bonds. The first kappa shape index (κ1) is 9.53. The van der Waals surface area contributed by atoms with Crippen molar-refractivity contribution in [2.24, 2.45) is 17.8 Å². The molecule has 0 fully saturated rings. The fourth-order valence-corrected chi connectivity index (χ4v) is 1.82. The number of hydrogen-bond acceptors (Lipinski definition) is 1. The lowest BCUT2D eigenvalue weighted by atomic mass is 9.73. The molecular weight excluding hydrogens is 148 g/mol. The van der Waals surface area contributed by atoms with Gasteiger partial charge in [-0.3, -0.25) is 0 Å². The normalized spacial score (nSPS) is 42.2. The Hall–Kier alpha value is -0.560. The zero-order valence-electron chi connectivity index (χ0n) is 8.12. The molecule has 68 valence electrons. The third-order valence-corrected chi connectivity index (χ3v) is 3.28. The second-order valence-electron chi connectivity index (χ2n) is 3.87. The number of rotatable bonds is 1. The largest absolute Gasteiger partial charge is 0.389 e. The SMILES string of the molecule is C=CC1=CC(O)C(C)C(C)C1C. The summed E-state index contributed by atoms with van der Waals surface area (Å²) in [7, 11) is 0. The van der Waals surface area contributed by atoms with Crippen LogP contribution in [0, 0.1) is 17.8 Å². The smallest absolute Gasteiger partial charge is 0.0754 e. The minimum absolute atomic E-state index is 0.288. The first-order valence-corrected chi connectivity index (χ1v) is 4.60. The minimum atomic E-state index is -0.288. The number of hydrogen-bond donors (Lipinski definition) is 1. The molecule has 1 rings (SSSR count). The van der Waals surface area contributed by atoms with Gasteiger partial charge in [0.1, 0.15) is 0 Å². The molecular formula is C11H18O. The van der Waals surface area contributed by atoms with Crippen molar-refractivity contribution in [3.05, 3.63) is 24.3 Å². The Kier molecular flexibility index (Phi) is 2.73. The van der Waals surface area contributed by atoms with Gasteiger partial charge in [-0.15, -0.1) is 0 Å². The molecule has 4 atom stereocenters. The molecule has 4 unspecified atom stereocenters. The quantitative estimate of drug-likeness (QED) is 0.634. The Bertz CT molecular complexity index is 205. The van der Waals surface area contributed by atoms with E-state index in [-0.39, 0.29) is 6.10 Å². The van der Waals surface area contributed by atoms with Crippen LogP contribution in [-0.4, -0.2) is 11.2 Å². The zero-order valence-corrected chi connectivity index (χ0v) is 8.12. The van der Waals surface area contributed by atoms with E-state index in [4.69, 9.17) is 0 Å². The Morgan fingerprint density at radius 1 is 1.33 bits per heavy atom. The molecule has 0 saturated carbocycles. The third kappa shape index (κ3) is 1.46. The lowest BCUT2D eigenvalue weighted by Gasteiger charge is -2.34. The predicted molar refractivity (Wildman–Crippen MR) is 51.8 cm³/mol. The molecule has 0 bridgehead atoms. The summed E-state index contributed by atoms with van der Waals surface area (Å²) in [5.41, 5.74) is 1.19. The van der Waals surface area contributed by atoms with Gasteiger partial charge in [-0.05, 0) is 23.3 Å². The maximum absolute atomic E-state index is 9.64. The second-order valence-corrected chi connectivity index (χ2v) is 3.87. The molecule has 1 aliphatic rings. The van der Waals surface area contributed by atoms with Crippen LogP contribution in [0.15, 0.2) is 24.3 Å². The molecule has 0 radical (unpaired) electrons. The van der Waals surface area contributed by atoms with E-state index in [1.165, 1.54) is 5.57 Å². The van der Waals surface area contributed by atoms with Crippen LogP contribution in [-0.2, 0) is 0 Å². The van der Waals surface area contributed by atoms with E-state index in [9.17, 15) is 5.11 Å². The van der Waals surface area contributed by atoms with Gasteiger partial charge in [0.15, 0.2) is 0 Å². The summed E-state index contributed by atoms with van der Waals surface area (Å²) in [5.74, 6) is 1.43. The van der Waals surface area contributed by atoms with Gasteiger partial charge in [0, 0.05) is 0 Å². The van der Waals surface area contributed by atoms with E-state index < -0.39 is 0 Å². The van der Waals surface area contributed by atoms with E-state index in [1.807, 2.05) is 12.2 Å². The number of allylic oxidation sites excluding steroid dienone is 2. The Morgan fingerprint density at radius 2 is 1.92 bits per heavy atom. The maximum Gasteiger partial charge on any atom is 0.0754 e. The van der Waals surface area contributed by atoms with E-state index >= 15 is 0 Å². The molecule has 0 heterocycles. The highest BCUT2D eigenvalue weighted by Crippen LogP contribution is 2.34. The van der Waals surface area contributed by atoms with Gasteiger partial charge in [-0.2, -0.15) is 0 Å². The van der Waals surface area contributed by atoms with Gasteiger partial charge in [-0.25, -0.2) is 0 Å². The van der Waals surface area contributed by atoms with Crippen molar-refractivity contribution in [1.29, 1.82) is 0 Å². The van der Waals surface area contributed by atoms with Crippen molar-refractivity contribution < 1.29 is 5.11 Å². The van der Waals surface area contributed by atoms with Crippen molar-refractivity contribution in [1.82, 2.24) is 0 Å². The monoisotopic (exact) mass is 166 g/mol. The van der Waals surface area contributed by atoms with Gasteiger partial charge < -0.3 is 5.11 Å². The zero-order chi connectivity index (χ0) is 9.30. The standard InChI is InChI=1S/C11H18O/c1-5-10-6-11(12)9(4)7(2)8(10)3/h5-9,11-12H,1H2,2-4H3. The van der Waals surface area contributed by atoms with E-state index in [0.717, 1.165) is 0 Å². The topological polar surface area (TPSA) is 20.2 Å². The summed E-state index contributed by atoms with van der Waals surface area (Å²) < 4.78 is 0. The highest BCUT2D eigenvalue weighted by molar-refractivity contribution is 5.24. The molecule has 0 aromatic rings. The van der Waals surface area contributed by atoms with E-state index in [2.05, 4.69) is 27.4 Å². The molecule has 0 aromatic carbocycles. The first-order valence-electron chi connectivity index (χ1n) is 4.60. The second kappa shape index (κ2) is 3.44. The Labute approximate surface area is 74.8 Å². The van der Waals surface area contributed by atoms with Crippen molar-refractivity contribution in [2.45, 2.75) is 26.9 Å². The van der Waals surface area contributed by atoms with Crippen LogP contribution in [0.25, 0.3) is 0 Å². The molecule has 0 aromatic heterocycles. The number of aliphatic hydroxyl groups excluding tert-OH is 1. The van der Waals surface area contributed by atoms with Crippen molar-refractivity contribution >= 4 is 0 Å². The van der Waals surface area contributed by atoms with Gasteiger partial charge in [0.2, 0.25) is 0 Å². The molecule has 1 nitrogen and oxygen atoms in total. The van der Waals surface area contributed by atoms with Crippen LogP contribution in [0.1, 0.15) is 20.8 Å². The first-order chi connectivity index (χ1) is 5.57. The molecule has 0 saturated heterocycles.